The van der Waals surface area contributed by atoms with Crippen molar-refractivity contribution in [2.24, 2.45) is 11.7 Å². The van der Waals surface area contributed by atoms with Crippen LogP contribution in [-0.4, -0.2) is 10.1 Å². The molecule has 4 nitrogen and oxygen atoms in total. The molecular weight excluding hydrogens is 262 g/mol. The first-order chi connectivity index (χ1) is 10.1. The Hall–Kier alpha value is -1.68. The van der Waals surface area contributed by atoms with Crippen molar-refractivity contribution in [3.8, 4) is 0 Å². The molecule has 0 aliphatic heterocycles. The van der Waals surface area contributed by atoms with Gasteiger partial charge in [0.1, 0.15) is 0 Å². The van der Waals surface area contributed by atoms with Crippen LogP contribution in [0.3, 0.4) is 0 Å². The highest BCUT2D eigenvalue weighted by molar-refractivity contribution is 5.21. The molecule has 1 aliphatic carbocycles. The largest absolute Gasteiger partial charge is 0.339 e. The smallest absolute Gasteiger partial charge is 0.231 e. The Morgan fingerprint density at radius 1 is 1.24 bits per heavy atom. The monoisotopic (exact) mass is 285 g/mol. The summed E-state index contributed by atoms with van der Waals surface area (Å²) in [6.45, 7) is 4.33. The summed E-state index contributed by atoms with van der Waals surface area (Å²) in [4.78, 5) is 4.62. The van der Waals surface area contributed by atoms with Crippen LogP contribution in [0.5, 0.6) is 0 Å². The fourth-order valence-corrected chi connectivity index (χ4v) is 3.16. The predicted octanol–water partition coefficient (Wildman–Crippen LogP) is 3.78. The minimum Gasteiger partial charge on any atom is -0.339 e. The average molecular weight is 285 g/mol. The first-order valence-electron chi connectivity index (χ1n) is 7.79. The van der Waals surface area contributed by atoms with Crippen LogP contribution in [0.25, 0.3) is 0 Å². The number of nitrogens with two attached hydrogens (primary N) is 1. The van der Waals surface area contributed by atoms with Gasteiger partial charge < -0.3 is 10.3 Å². The van der Waals surface area contributed by atoms with E-state index in [1.54, 1.807) is 0 Å². The molecule has 1 heterocycles. The van der Waals surface area contributed by atoms with Gasteiger partial charge in [0.15, 0.2) is 5.82 Å². The van der Waals surface area contributed by atoms with Crippen LogP contribution in [0.1, 0.15) is 68.3 Å². The number of rotatable bonds is 4. The number of hydrogen-bond acceptors (Lipinski definition) is 4. The first kappa shape index (κ1) is 14.3. The molecule has 1 aromatic carbocycles. The molecule has 2 aromatic rings. The molecule has 4 heteroatoms. The van der Waals surface area contributed by atoms with Crippen molar-refractivity contribution in [3.63, 3.8) is 0 Å². The Morgan fingerprint density at radius 3 is 2.67 bits per heavy atom. The van der Waals surface area contributed by atoms with Gasteiger partial charge in [-0.15, -0.1) is 0 Å². The molecule has 2 N–H and O–H groups in total. The summed E-state index contributed by atoms with van der Waals surface area (Å²) in [5, 5.41) is 4.19. The van der Waals surface area contributed by atoms with Crippen molar-refractivity contribution in [2.45, 2.75) is 51.0 Å². The molecule has 0 radical (unpaired) electrons. The molecule has 1 aromatic heterocycles. The maximum atomic E-state index is 6.33. The average Bonchev–Trinajstić information content (AvgIpc) is 3.15. The second-order valence-electron chi connectivity index (χ2n) is 6.33. The zero-order chi connectivity index (χ0) is 14.8. The van der Waals surface area contributed by atoms with Crippen LogP contribution >= 0.6 is 0 Å². The minimum atomic E-state index is -0.123. The van der Waals surface area contributed by atoms with Gasteiger partial charge in [-0.1, -0.05) is 49.3 Å². The molecule has 3 rings (SSSR count). The highest BCUT2D eigenvalue weighted by Crippen LogP contribution is 2.37. The van der Waals surface area contributed by atoms with E-state index in [2.05, 4.69) is 17.1 Å². The Labute approximate surface area is 125 Å². The number of benzene rings is 1. The lowest BCUT2D eigenvalue weighted by atomic mass is 9.95. The van der Waals surface area contributed by atoms with Crippen molar-refractivity contribution in [3.05, 3.63) is 47.6 Å². The second-order valence-corrected chi connectivity index (χ2v) is 6.33. The quantitative estimate of drug-likeness (QED) is 0.928. The summed E-state index contributed by atoms with van der Waals surface area (Å²) >= 11 is 0. The van der Waals surface area contributed by atoms with E-state index in [0.717, 1.165) is 23.7 Å². The van der Waals surface area contributed by atoms with E-state index in [0.29, 0.717) is 11.8 Å². The normalized spacial score (nSPS) is 24.9. The Morgan fingerprint density at radius 2 is 2.00 bits per heavy atom. The van der Waals surface area contributed by atoms with Crippen LogP contribution in [0.15, 0.2) is 34.9 Å². The molecule has 4 atom stereocenters. The van der Waals surface area contributed by atoms with Gasteiger partial charge >= 0.3 is 0 Å². The van der Waals surface area contributed by atoms with Gasteiger partial charge in [0.2, 0.25) is 5.89 Å². The molecule has 0 amide bonds. The molecule has 1 fully saturated rings. The summed E-state index contributed by atoms with van der Waals surface area (Å²) in [5.74, 6) is 2.76. The Balaban J connectivity index is 1.73. The summed E-state index contributed by atoms with van der Waals surface area (Å²) in [7, 11) is 0. The Bertz CT molecular complexity index is 581. The molecular formula is C17H23N3O. The van der Waals surface area contributed by atoms with Crippen molar-refractivity contribution in [1.82, 2.24) is 10.1 Å². The molecule has 21 heavy (non-hydrogen) atoms. The molecule has 0 saturated heterocycles. The van der Waals surface area contributed by atoms with Gasteiger partial charge in [0, 0.05) is 12.0 Å². The lowest BCUT2D eigenvalue weighted by Crippen LogP contribution is -2.18. The third kappa shape index (κ3) is 3.00. The third-order valence-electron chi connectivity index (χ3n) is 4.63. The van der Waals surface area contributed by atoms with Gasteiger partial charge in [-0.2, -0.15) is 4.98 Å². The molecule has 4 unspecified atom stereocenters. The lowest BCUT2D eigenvalue weighted by molar-refractivity contribution is 0.338. The van der Waals surface area contributed by atoms with Gasteiger partial charge in [-0.25, -0.2) is 0 Å². The zero-order valence-electron chi connectivity index (χ0n) is 12.7. The highest BCUT2D eigenvalue weighted by Gasteiger charge is 2.29. The van der Waals surface area contributed by atoms with E-state index >= 15 is 0 Å². The molecule has 1 aliphatic rings. The first-order valence-corrected chi connectivity index (χ1v) is 7.79. The van der Waals surface area contributed by atoms with Crippen LogP contribution in [0.2, 0.25) is 0 Å². The number of aromatic nitrogens is 2. The lowest BCUT2D eigenvalue weighted by Gasteiger charge is -2.16. The molecule has 112 valence electrons. The van der Waals surface area contributed by atoms with E-state index in [1.165, 1.54) is 12.8 Å². The maximum Gasteiger partial charge on any atom is 0.231 e. The Kier molecular flexibility index (Phi) is 4.06. The second kappa shape index (κ2) is 5.98. The molecule has 0 bridgehead atoms. The SMILES string of the molecule is CC1CCC(c2noc(C(C)C(N)c3ccccc3)n2)C1. The van der Waals surface area contributed by atoms with Crippen LogP contribution in [0, 0.1) is 5.92 Å². The topological polar surface area (TPSA) is 64.9 Å². The van der Waals surface area contributed by atoms with E-state index < -0.39 is 0 Å². The fourth-order valence-electron chi connectivity index (χ4n) is 3.16. The summed E-state index contributed by atoms with van der Waals surface area (Å²) < 4.78 is 5.48. The highest BCUT2D eigenvalue weighted by atomic mass is 16.5. The fraction of sp³-hybridized carbons (Fsp3) is 0.529. The van der Waals surface area contributed by atoms with Crippen LogP contribution in [0.4, 0.5) is 0 Å². The van der Waals surface area contributed by atoms with Crippen LogP contribution in [-0.2, 0) is 0 Å². The van der Waals surface area contributed by atoms with Gasteiger partial charge in [0.25, 0.3) is 0 Å². The zero-order valence-corrected chi connectivity index (χ0v) is 12.7. The van der Waals surface area contributed by atoms with E-state index in [-0.39, 0.29) is 12.0 Å². The van der Waals surface area contributed by atoms with Gasteiger partial charge in [-0.05, 0) is 30.7 Å². The summed E-state index contributed by atoms with van der Waals surface area (Å²) in [6, 6.07) is 9.95. The number of hydrogen-bond donors (Lipinski definition) is 1. The van der Waals surface area contributed by atoms with Gasteiger partial charge in [-0.3, -0.25) is 0 Å². The van der Waals surface area contributed by atoms with Crippen molar-refractivity contribution < 1.29 is 4.52 Å². The van der Waals surface area contributed by atoms with E-state index in [9.17, 15) is 0 Å². The molecule has 0 spiro atoms. The minimum absolute atomic E-state index is 0.0208. The maximum absolute atomic E-state index is 6.33. The standard InChI is InChI=1S/C17H23N3O/c1-11-8-9-14(10-11)16-19-17(21-20-16)12(2)15(18)13-6-4-3-5-7-13/h3-7,11-12,14-15H,8-10,18H2,1-2H3. The van der Waals surface area contributed by atoms with E-state index in [1.807, 2.05) is 37.3 Å². The summed E-state index contributed by atoms with van der Waals surface area (Å²) in [6.07, 6.45) is 3.59. The van der Waals surface area contributed by atoms with Crippen LogP contribution < -0.4 is 5.73 Å². The van der Waals surface area contributed by atoms with Crippen molar-refractivity contribution in [2.75, 3.05) is 0 Å². The number of nitrogens with zero attached hydrogens (tertiary/aromatic N) is 2. The van der Waals surface area contributed by atoms with Crippen molar-refractivity contribution in [1.29, 1.82) is 0 Å². The third-order valence-corrected chi connectivity index (χ3v) is 4.63. The van der Waals surface area contributed by atoms with Gasteiger partial charge in [0.05, 0.1) is 5.92 Å². The van der Waals surface area contributed by atoms with E-state index in [4.69, 9.17) is 10.3 Å². The van der Waals surface area contributed by atoms with Crippen molar-refractivity contribution >= 4 is 0 Å². The summed E-state index contributed by atoms with van der Waals surface area (Å²) in [5.41, 5.74) is 7.42. The predicted molar refractivity (Wildman–Crippen MR) is 81.8 cm³/mol. The molecule has 1 saturated carbocycles.